The molecular weight excluding hydrogens is 806 g/mol. The maximum atomic E-state index is 12.7. The second kappa shape index (κ2) is 48.0. The first-order valence-corrected chi connectivity index (χ1v) is 29.2. The second-order valence-electron chi connectivity index (χ2n) is 20.3. The summed E-state index contributed by atoms with van der Waals surface area (Å²) in [7, 11) is 1.38. The summed E-state index contributed by atoms with van der Waals surface area (Å²) in [6.45, 7) is 5.50. The first-order chi connectivity index (χ1) is 30.6. The van der Waals surface area contributed by atoms with Crippen molar-refractivity contribution in [2.24, 2.45) is 0 Å². The SMILES string of the molecule is CCCCCCCCCCCCCCCCCCCCCCCCCCCCOCC(COP(=O)([O-])OCC[N+](C)(C)C)OC(=O)CCCCCCCCCCCCCCCCC. The molecule has 8 nitrogen and oxygen atoms in total. The molecule has 0 rings (SSSR count). The van der Waals surface area contributed by atoms with Crippen LogP contribution in [0.25, 0.3) is 0 Å². The van der Waals surface area contributed by atoms with E-state index in [0.29, 0.717) is 24.1 Å². The molecule has 0 aliphatic heterocycles. The Morgan fingerprint density at radius 3 is 1.05 bits per heavy atom. The predicted octanol–water partition coefficient (Wildman–Crippen LogP) is 16.5. The van der Waals surface area contributed by atoms with Crippen LogP contribution in [0.15, 0.2) is 0 Å². The van der Waals surface area contributed by atoms with E-state index in [-0.39, 0.29) is 25.8 Å². The number of hydrogen-bond donors (Lipinski definition) is 0. The van der Waals surface area contributed by atoms with E-state index in [1.54, 1.807) is 0 Å². The van der Waals surface area contributed by atoms with Gasteiger partial charge in [-0.2, -0.15) is 0 Å². The number of ether oxygens (including phenoxy) is 2. The van der Waals surface area contributed by atoms with E-state index >= 15 is 0 Å². The minimum atomic E-state index is -4.52. The van der Waals surface area contributed by atoms with Gasteiger partial charge in [0, 0.05) is 13.0 Å². The van der Waals surface area contributed by atoms with Crippen molar-refractivity contribution in [1.82, 2.24) is 0 Å². The van der Waals surface area contributed by atoms with Crippen molar-refractivity contribution in [2.75, 3.05) is 54.1 Å². The fourth-order valence-corrected chi connectivity index (χ4v) is 9.10. The summed E-state index contributed by atoms with van der Waals surface area (Å²) in [5, 5.41) is 0. The van der Waals surface area contributed by atoms with Crippen LogP contribution in [0.2, 0.25) is 0 Å². The standard InChI is InChI=1S/C54H110NO7P/c1-6-8-10-12-14-16-18-20-22-23-24-25-26-27-28-29-30-31-32-34-36-38-40-42-44-46-49-59-51-53(52-61-63(57,58)60-50-48-55(3,4)5)62-54(56)47-45-43-41-39-37-35-33-21-19-17-15-13-11-9-7-2/h53H,6-52H2,1-5H3. The number of nitrogens with zero attached hydrogens (tertiary/aromatic N) is 1. The Hall–Kier alpha value is -0.500. The van der Waals surface area contributed by atoms with Crippen molar-refractivity contribution in [1.29, 1.82) is 0 Å². The predicted molar refractivity (Wildman–Crippen MR) is 268 cm³/mol. The van der Waals surface area contributed by atoms with Crippen molar-refractivity contribution in [3.05, 3.63) is 0 Å². The summed E-state index contributed by atoms with van der Waals surface area (Å²) >= 11 is 0. The summed E-state index contributed by atoms with van der Waals surface area (Å²) in [6, 6.07) is 0. The molecule has 0 fully saturated rings. The second-order valence-corrected chi connectivity index (χ2v) is 21.7. The summed E-state index contributed by atoms with van der Waals surface area (Å²) in [6.07, 6.45) is 54.3. The number of phosphoric acid groups is 1. The largest absolute Gasteiger partial charge is 0.756 e. The van der Waals surface area contributed by atoms with Gasteiger partial charge in [-0.05, 0) is 12.8 Å². The number of esters is 1. The smallest absolute Gasteiger partial charge is 0.306 e. The van der Waals surface area contributed by atoms with Gasteiger partial charge in [0.05, 0.1) is 34.4 Å². The molecule has 0 heterocycles. The molecule has 0 radical (unpaired) electrons. The Bertz CT molecular complexity index is 976. The number of hydrogen-bond acceptors (Lipinski definition) is 7. The van der Waals surface area contributed by atoms with Crippen LogP contribution in [0, 0.1) is 0 Å². The summed E-state index contributed by atoms with van der Waals surface area (Å²) in [4.78, 5) is 25.2. The zero-order valence-corrected chi connectivity index (χ0v) is 44.0. The number of carbonyl (C=O) groups is 1. The van der Waals surface area contributed by atoms with Crippen LogP contribution in [0.4, 0.5) is 0 Å². The van der Waals surface area contributed by atoms with Crippen LogP contribution in [-0.4, -0.2) is 70.7 Å². The lowest BCUT2D eigenvalue weighted by Gasteiger charge is -2.28. The molecule has 0 aromatic heterocycles. The molecular formula is C54H110NO7P. The van der Waals surface area contributed by atoms with E-state index in [4.69, 9.17) is 18.5 Å². The van der Waals surface area contributed by atoms with Crippen LogP contribution < -0.4 is 4.89 Å². The molecule has 0 spiro atoms. The first-order valence-electron chi connectivity index (χ1n) is 27.8. The van der Waals surface area contributed by atoms with Gasteiger partial charge in [0.25, 0.3) is 7.82 Å². The molecule has 0 aliphatic rings. The van der Waals surface area contributed by atoms with E-state index in [0.717, 1.165) is 32.1 Å². The summed E-state index contributed by atoms with van der Waals surface area (Å²) in [5.74, 6) is -0.325. The van der Waals surface area contributed by atoms with E-state index in [2.05, 4.69) is 13.8 Å². The summed E-state index contributed by atoms with van der Waals surface area (Å²) in [5.41, 5.74) is 0. The Morgan fingerprint density at radius 1 is 0.429 bits per heavy atom. The third-order valence-electron chi connectivity index (χ3n) is 12.7. The monoisotopic (exact) mass is 916 g/mol. The third-order valence-corrected chi connectivity index (χ3v) is 13.6. The van der Waals surface area contributed by atoms with Gasteiger partial charge in [-0.25, -0.2) is 0 Å². The Balaban J connectivity index is 3.97. The van der Waals surface area contributed by atoms with Crippen molar-refractivity contribution in [2.45, 2.75) is 290 Å². The topological polar surface area (TPSA) is 94.1 Å². The molecule has 9 heteroatoms. The minimum absolute atomic E-state index is 0.0318. The van der Waals surface area contributed by atoms with Crippen molar-refractivity contribution in [3.8, 4) is 0 Å². The normalized spacial score (nSPS) is 13.4. The lowest BCUT2D eigenvalue weighted by Crippen LogP contribution is -2.37. The fraction of sp³-hybridized carbons (Fsp3) is 0.981. The van der Waals surface area contributed by atoms with E-state index in [1.807, 2.05) is 21.1 Å². The summed E-state index contributed by atoms with van der Waals surface area (Å²) < 4.78 is 34.8. The third kappa shape index (κ3) is 52.3. The van der Waals surface area contributed by atoms with Crippen molar-refractivity contribution >= 4 is 13.8 Å². The maximum absolute atomic E-state index is 12.7. The van der Waals surface area contributed by atoms with Crippen LogP contribution in [0.5, 0.6) is 0 Å². The number of carbonyl (C=O) groups excluding carboxylic acids is 1. The number of likely N-dealkylation sites (N-methyl/N-ethyl adjacent to an activating group) is 1. The Morgan fingerprint density at radius 2 is 0.730 bits per heavy atom. The first kappa shape index (κ1) is 62.5. The molecule has 2 unspecified atom stereocenters. The molecule has 0 amide bonds. The van der Waals surface area contributed by atoms with E-state index < -0.39 is 13.9 Å². The van der Waals surface area contributed by atoms with Crippen molar-refractivity contribution < 1.29 is 37.3 Å². The Labute approximate surface area is 393 Å². The van der Waals surface area contributed by atoms with Crippen LogP contribution in [-0.2, 0) is 27.9 Å². The molecule has 2 atom stereocenters. The highest BCUT2D eigenvalue weighted by Gasteiger charge is 2.20. The molecule has 378 valence electrons. The van der Waals surface area contributed by atoms with Gasteiger partial charge in [-0.15, -0.1) is 0 Å². The highest BCUT2D eigenvalue weighted by molar-refractivity contribution is 7.45. The highest BCUT2D eigenvalue weighted by Crippen LogP contribution is 2.38. The van der Waals surface area contributed by atoms with E-state index in [9.17, 15) is 14.3 Å². The van der Waals surface area contributed by atoms with Crippen LogP contribution in [0.1, 0.15) is 284 Å². The van der Waals surface area contributed by atoms with Gasteiger partial charge in [-0.3, -0.25) is 9.36 Å². The maximum Gasteiger partial charge on any atom is 0.306 e. The molecule has 0 saturated carbocycles. The minimum Gasteiger partial charge on any atom is -0.756 e. The van der Waals surface area contributed by atoms with Crippen LogP contribution >= 0.6 is 7.82 Å². The molecule has 0 bridgehead atoms. The highest BCUT2D eigenvalue weighted by atomic mass is 31.2. The zero-order chi connectivity index (χ0) is 46.2. The molecule has 63 heavy (non-hydrogen) atoms. The van der Waals surface area contributed by atoms with Gasteiger partial charge >= 0.3 is 5.97 Å². The van der Waals surface area contributed by atoms with E-state index in [1.165, 1.54) is 231 Å². The number of quaternary nitrogens is 1. The van der Waals surface area contributed by atoms with Crippen LogP contribution in [0.3, 0.4) is 0 Å². The number of phosphoric ester groups is 1. The zero-order valence-electron chi connectivity index (χ0n) is 43.1. The number of unbranched alkanes of at least 4 members (excludes halogenated alkanes) is 39. The molecule has 0 N–H and O–H groups in total. The van der Waals surface area contributed by atoms with Gasteiger partial charge in [0.15, 0.2) is 0 Å². The van der Waals surface area contributed by atoms with Crippen molar-refractivity contribution in [3.63, 3.8) is 0 Å². The molecule has 0 aromatic rings. The fourth-order valence-electron chi connectivity index (χ4n) is 8.37. The Kier molecular flexibility index (Phi) is 47.6. The van der Waals surface area contributed by atoms with Gasteiger partial charge < -0.3 is 27.9 Å². The average molecular weight is 916 g/mol. The lowest BCUT2D eigenvalue weighted by atomic mass is 10.0. The van der Waals surface area contributed by atoms with Gasteiger partial charge in [0.1, 0.15) is 19.3 Å². The molecule has 0 aromatic carbocycles. The average Bonchev–Trinajstić information content (AvgIpc) is 3.24. The van der Waals surface area contributed by atoms with Gasteiger partial charge in [0.2, 0.25) is 0 Å². The lowest BCUT2D eigenvalue weighted by molar-refractivity contribution is -0.870. The van der Waals surface area contributed by atoms with Gasteiger partial charge in [-0.1, -0.05) is 264 Å². The molecule has 0 saturated heterocycles. The quantitative estimate of drug-likeness (QED) is 0.0260. The molecule has 0 aliphatic carbocycles. The number of rotatable bonds is 53.